The van der Waals surface area contributed by atoms with Crippen LogP contribution in [0.3, 0.4) is 0 Å². The van der Waals surface area contributed by atoms with Gasteiger partial charge >= 0.3 is 12.0 Å². The predicted octanol–water partition coefficient (Wildman–Crippen LogP) is 1.84. The van der Waals surface area contributed by atoms with E-state index >= 15 is 0 Å². The molecule has 21 heavy (non-hydrogen) atoms. The Balaban J connectivity index is 1.68. The highest BCUT2D eigenvalue weighted by atomic mass is 16.5. The maximum Gasteiger partial charge on any atom is 0.317 e. The van der Waals surface area contributed by atoms with Crippen LogP contribution < -0.4 is 5.32 Å². The number of piperidine rings is 1. The van der Waals surface area contributed by atoms with Gasteiger partial charge in [-0.15, -0.1) is 0 Å². The number of carbonyl (C=O) groups is 2. The van der Waals surface area contributed by atoms with Crippen LogP contribution in [0.5, 0.6) is 0 Å². The Kier molecular flexibility index (Phi) is 5.45. The quantitative estimate of drug-likeness (QED) is 0.759. The number of nitrogens with one attached hydrogen (secondary N) is 1. The van der Waals surface area contributed by atoms with E-state index in [0.29, 0.717) is 32.2 Å². The lowest BCUT2D eigenvalue weighted by Crippen LogP contribution is -2.51. The number of hydrogen-bond donors (Lipinski definition) is 2. The number of hydrogen-bond acceptors (Lipinski definition) is 3. The third-order valence-electron chi connectivity index (χ3n) is 4.53. The van der Waals surface area contributed by atoms with E-state index in [2.05, 4.69) is 5.32 Å². The first kappa shape index (κ1) is 16.1. The average molecular weight is 298 g/mol. The number of likely N-dealkylation sites (tertiary alicyclic amines) is 1. The third kappa shape index (κ3) is 4.33. The number of nitrogens with zero attached hydrogens (tertiary/aromatic N) is 1. The highest BCUT2D eigenvalue weighted by Crippen LogP contribution is 2.29. The van der Waals surface area contributed by atoms with E-state index in [4.69, 9.17) is 4.74 Å². The minimum atomic E-state index is -0.829. The molecule has 6 heteroatoms. The molecular weight excluding hydrogens is 272 g/mol. The smallest absolute Gasteiger partial charge is 0.317 e. The van der Waals surface area contributed by atoms with Gasteiger partial charge in [-0.1, -0.05) is 12.8 Å². The summed E-state index contributed by atoms with van der Waals surface area (Å²) in [5.74, 6) is -0.829. The van der Waals surface area contributed by atoms with Crippen molar-refractivity contribution in [1.29, 1.82) is 0 Å². The van der Waals surface area contributed by atoms with Crippen LogP contribution in [0.2, 0.25) is 0 Å². The molecule has 2 N–H and O–H groups in total. The first-order chi connectivity index (χ1) is 10.0. The van der Waals surface area contributed by atoms with E-state index in [0.717, 1.165) is 19.3 Å². The summed E-state index contributed by atoms with van der Waals surface area (Å²) in [6.45, 7) is 3.61. The molecule has 1 aliphatic heterocycles. The van der Waals surface area contributed by atoms with E-state index in [1.54, 1.807) is 11.8 Å². The summed E-state index contributed by atoms with van der Waals surface area (Å²) in [6, 6.07) is -0.183. The monoisotopic (exact) mass is 298 g/mol. The molecule has 1 atom stereocenters. The fourth-order valence-electron chi connectivity index (χ4n) is 3.14. The van der Waals surface area contributed by atoms with Crippen LogP contribution in [0.25, 0.3) is 0 Å². The van der Waals surface area contributed by atoms with Crippen LogP contribution in [0.15, 0.2) is 0 Å². The van der Waals surface area contributed by atoms with E-state index < -0.39 is 11.4 Å². The van der Waals surface area contributed by atoms with E-state index in [9.17, 15) is 14.7 Å². The number of carboxylic acids is 1. The van der Waals surface area contributed by atoms with E-state index in [1.165, 1.54) is 12.8 Å². The predicted molar refractivity (Wildman–Crippen MR) is 78.2 cm³/mol. The molecular formula is C15H26N2O4. The molecule has 0 spiro atoms. The summed E-state index contributed by atoms with van der Waals surface area (Å²) in [4.78, 5) is 24.9. The van der Waals surface area contributed by atoms with Crippen molar-refractivity contribution in [3.8, 4) is 0 Å². The van der Waals surface area contributed by atoms with Crippen LogP contribution in [0.1, 0.15) is 45.4 Å². The van der Waals surface area contributed by atoms with Crippen molar-refractivity contribution < 1.29 is 19.4 Å². The molecule has 0 bridgehead atoms. The van der Waals surface area contributed by atoms with Crippen molar-refractivity contribution in [3.63, 3.8) is 0 Å². The first-order valence-electron chi connectivity index (χ1n) is 7.89. The molecule has 2 fully saturated rings. The molecule has 0 radical (unpaired) electrons. The molecule has 6 nitrogen and oxygen atoms in total. The lowest BCUT2D eigenvalue weighted by molar-refractivity contribution is -0.150. The van der Waals surface area contributed by atoms with Crippen LogP contribution in [-0.2, 0) is 9.53 Å². The molecule has 2 amide bonds. The van der Waals surface area contributed by atoms with Gasteiger partial charge < -0.3 is 20.1 Å². The fraction of sp³-hybridized carbons (Fsp3) is 0.867. The van der Waals surface area contributed by atoms with Gasteiger partial charge in [-0.2, -0.15) is 0 Å². The van der Waals surface area contributed by atoms with Crippen molar-refractivity contribution in [2.24, 2.45) is 5.41 Å². The van der Waals surface area contributed by atoms with Gasteiger partial charge in [0.05, 0.1) is 18.1 Å². The summed E-state index contributed by atoms with van der Waals surface area (Å²) in [7, 11) is 0. The zero-order valence-corrected chi connectivity index (χ0v) is 12.8. The summed E-state index contributed by atoms with van der Waals surface area (Å²) >= 11 is 0. The van der Waals surface area contributed by atoms with Gasteiger partial charge in [0.1, 0.15) is 0 Å². The molecule has 1 heterocycles. The second-order valence-electron chi connectivity index (χ2n) is 6.40. The van der Waals surface area contributed by atoms with Crippen LogP contribution >= 0.6 is 0 Å². The van der Waals surface area contributed by atoms with Crippen molar-refractivity contribution >= 4 is 12.0 Å². The molecule has 0 aromatic rings. The number of carbonyl (C=O) groups excluding carboxylic acids is 1. The number of carboxylic acid groups (broad SMARTS) is 1. The van der Waals surface area contributed by atoms with Gasteiger partial charge in [-0.05, 0) is 32.6 Å². The number of amides is 2. The molecule has 0 aromatic heterocycles. The zero-order chi connectivity index (χ0) is 15.3. The zero-order valence-electron chi connectivity index (χ0n) is 12.8. The third-order valence-corrected chi connectivity index (χ3v) is 4.53. The first-order valence-corrected chi connectivity index (χ1v) is 7.89. The van der Waals surface area contributed by atoms with Gasteiger partial charge in [0.2, 0.25) is 0 Å². The van der Waals surface area contributed by atoms with E-state index in [1.807, 2.05) is 0 Å². The molecule has 2 rings (SSSR count). The number of aliphatic carboxylic acids is 1. The molecule has 1 unspecified atom stereocenters. The summed E-state index contributed by atoms with van der Waals surface area (Å²) in [5, 5.41) is 12.1. The molecule has 120 valence electrons. The molecule has 1 aliphatic carbocycles. The topological polar surface area (TPSA) is 78.9 Å². The second kappa shape index (κ2) is 7.11. The lowest BCUT2D eigenvalue weighted by atomic mass is 9.82. The van der Waals surface area contributed by atoms with Gasteiger partial charge in [-0.25, -0.2) is 4.79 Å². The maximum absolute atomic E-state index is 12.1. The molecule has 1 saturated heterocycles. The average Bonchev–Trinajstić information content (AvgIpc) is 2.96. The van der Waals surface area contributed by atoms with Crippen molar-refractivity contribution in [2.75, 3.05) is 26.2 Å². The summed E-state index contributed by atoms with van der Waals surface area (Å²) in [5.41, 5.74) is -0.823. The Bertz CT molecular complexity index is 382. The van der Waals surface area contributed by atoms with Gasteiger partial charge in [0, 0.05) is 19.6 Å². The van der Waals surface area contributed by atoms with Gasteiger partial charge in [0.25, 0.3) is 0 Å². The molecule has 0 aromatic carbocycles. The van der Waals surface area contributed by atoms with Crippen LogP contribution in [0.4, 0.5) is 4.79 Å². The summed E-state index contributed by atoms with van der Waals surface area (Å²) < 4.78 is 5.69. The van der Waals surface area contributed by atoms with E-state index in [-0.39, 0.29) is 12.6 Å². The minimum absolute atomic E-state index is 0.183. The standard InChI is InChI=1S/C15H26N2O4/c1-15(13(18)19)7-4-9-17(11-15)14(20)16-8-10-21-12-5-2-3-6-12/h12H,2-11H2,1H3,(H,16,20)(H,18,19). The van der Waals surface area contributed by atoms with Gasteiger partial charge in [-0.3, -0.25) is 4.79 Å². The molecule has 2 aliphatic rings. The second-order valence-corrected chi connectivity index (χ2v) is 6.40. The van der Waals surface area contributed by atoms with Gasteiger partial charge in [0.15, 0.2) is 0 Å². The molecule has 1 saturated carbocycles. The largest absolute Gasteiger partial charge is 0.481 e. The van der Waals surface area contributed by atoms with Crippen molar-refractivity contribution in [2.45, 2.75) is 51.6 Å². The Morgan fingerprint density at radius 3 is 2.71 bits per heavy atom. The Morgan fingerprint density at radius 2 is 2.05 bits per heavy atom. The highest BCUT2D eigenvalue weighted by Gasteiger charge is 2.39. The SMILES string of the molecule is CC1(C(=O)O)CCCN(C(=O)NCCOC2CCCC2)C1. The number of urea groups is 1. The van der Waals surface area contributed by atoms with Crippen LogP contribution in [0, 0.1) is 5.41 Å². The lowest BCUT2D eigenvalue weighted by Gasteiger charge is -2.37. The number of rotatable bonds is 5. The Morgan fingerprint density at radius 1 is 1.33 bits per heavy atom. The maximum atomic E-state index is 12.1. The highest BCUT2D eigenvalue weighted by molar-refractivity contribution is 5.78. The number of ether oxygens (including phenoxy) is 1. The van der Waals surface area contributed by atoms with Crippen molar-refractivity contribution in [1.82, 2.24) is 10.2 Å². The minimum Gasteiger partial charge on any atom is -0.481 e. The fourth-order valence-corrected chi connectivity index (χ4v) is 3.14. The van der Waals surface area contributed by atoms with Crippen LogP contribution in [-0.4, -0.2) is 54.4 Å². The normalized spacial score (nSPS) is 26.8. The summed E-state index contributed by atoms with van der Waals surface area (Å²) in [6.07, 6.45) is 6.42. The Labute approximate surface area is 125 Å². The van der Waals surface area contributed by atoms with Crippen molar-refractivity contribution in [3.05, 3.63) is 0 Å². The Hall–Kier alpha value is -1.30.